The van der Waals surface area contributed by atoms with Crippen LogP contribution in [0.4, 0.5) is 0 Å². The van der Waals surface area contributed by atoms with Gasteiger partial charge in [-0.05, 0) is 24.3 Å². The highest BCUT2D eigenvalue weighted by molar-refractivity contribution is 8.24. The van der Waals surface area contributed by atoms with Gasteiger partial charge in [-0.2, -0.15) is 10.5 Å². The monoisotopic (exact) mass is 381 g/mol. The molecule has 2 heterocycles. The molecule has 0 radical (unpaired) electrons. The Bertz CT molecular complexity index is 1010. The molecular formula is C19H15N3S3. The number of benzene rings is 1. The van der Waals surface area contributed by atoms with Gasteiger partial charge in [-0.15, -0.1) is 11.3 Å². The molecule has 1 aliphatic rings. The number of aromatic nitrogens is 1. The van der Waals surface area contributed by atoms with Gasteiger partial charge in [0.15, 0.2) is 5.57 Å². The van der Waals surface area contributed by atoms with Crippen LogP contribution >= 0.6 is 34.9 Å². The first-order valence-corrected chi connectivity index (χ1v) is 10.1. The lowest BCUT2D eigenvalue weighted by molar-refractivity contribution is 0.568. The fraction of sp³-hybridized carbons (Fsp3) is 0.211. The maximum absolute atomic E-state index is 9.11. The van der Waals surface area contributed by atoms with Gasteiger partial charge < -0.3 is 0 Å². The molecule has 0 atom stereocenters. The summed E-state index contributed by atoms with van der Waals surface area (Å²) in [4.78, 5) is 7.12. The van der Waals surface area contributed by atoms with E-state index in [4.69, 9.17) is 10.5 Å². The molecule has 124 valence electrons. The van der Waals surface area contributed by atoms with Crippen LogP contribution < -0.4 is 9.20 Å². The van der Waals surface area contributed by atoms with Crippen molar-refractivity contribution in [1.29, 1.82) is 10.5 Å². The van der Waals surface area contributed by atoms with Gasteiger partial charge in [0.1, 0.15) is 16.8 Å². The molecule has 1 aliphatic heterocycles. The molecule has 0 fully saturated rings. The number of fused-ring (bicyclic) bond motifs is 1. The molecule has 0 saturated carbocycles. The molecule has 3 rings (SSSR count). The van der Waals surface area contributed by atoms with Gasteiger partial charge in [-0.25, -0.2) is 4.98 Å². The number of hydrogen-bond acceptors (Lipinski definition) is 6. The topological polar surface area (TPSA) is 60.5 Å². The molecule has 0 saturated heterocycles. The van der Waals surface area contributed by atoms with E-state index in [-0.39, 0.29) is 11.0 Å². The summed E-state index contributed by atoms with van der Waals surface area (Å²) in [5, 5.41) is 18.2. The van der Waals surface area contributed by atoms with Crippen LogP contribution in [0, 0.1) is 22.7 Å². The molecule has 0 bridgehead atoms. The third-order valence-corrected chi connectivity index (χ3v) is 6.94. The van der Waals surface area contributed by atoms with E-state index in [0.29, 0.717) is 4.66 Å². The predicted octanol–water partition coefficient (Wildman–Crippen LogP) is 4.16. The van der Waals surface area contributed by atoms with Gasteiger partial charge in [-0.3, -0.25) is 0 Å². The minimum atomic E-state index is -0.159. The average Bonchev–Trinajstić information content (AvgIpc) is 3.17. The molecule has 0 unspecified atom stereocenters. The Kier molecular flexibility index (Phi) is 5.06. The molecule has 2 aromatic rings. The van der Waals surface area contributed by atoms with Crippen molar-refractivity contribution in [3.05, 3.63) is 49.5 Å². The maximum atomic E-state index is 9.11. The number of allylic oxidation sites excluding steroid dienone is 1. The van der Waals surface area contributed by atoms with Crippen LogP contribution in [0.15, 0.2) is 44.4 Å². The summed E-state index contributed by atoms with van der Waals surface area (Å²) in [7, 11) is 0. The molecular weight excluding hydrogens is 366 g/mol. The Labute approximate surface area is 159 Å². The van der Waals surface area contributed by atoms with Crippen LogP contribution in [0.25, 0.3) is 11.6 Å². The van der Waals surface area contributed by atoms with E-state index in [1.54, 1.807) is 23.5 Å². The predicted molar refractivity (Wildman–Crippen MR) is 105 cm³/mol. The van der Waals surface area contributed by atoms with Crippen molar-refractivity contribution in [2.75, 3.05) is 0 Å². The molecule has 0 spiro atoms. The highest BCUT2D eigenvalue weighted by Crippen LogP contribution is 2.50. The molecule has 0 N–H and O–H groups in total. The Morgan fingerprint density at radius 3 is 2.16 bits per heavy atom. The number of nitriles is 2. The minimum Gasteiger partial charge on any atom is -0.238 e. The highest BCUT2D eigenvalue weighted by Gasteiger charge is 2.20. The number of hydrogen-bond donors (Lipinski definition) is 0. The van der Waals surface area contributed by atoms with Gasteiger partial charge in [0.05, 0.1) is 10.2 Å². The zero-order valence-corrected chi connectivity index (χ0v) is 16.5. The maximum Gasteiger partial charge on any atom is 0.165 e. The Morgan fingerprint density at radius 1 is 1.04 bits per heavy atom. The van der Waals surface area contributed by atoms with Crippen molar-refractivity contribution in [3.8, 4) is 12.1 Å². The highest BCUT2D eigenvalue weighted by atomic mass is 32.2. The van der Waals surface area contributed by atoms with Gasteiger partial charge in [-0.1, -0.05) is 56.4 Å². The van der Waals surface area contributed by atoms with Crippen molar-refractivity contribution in [1.82, 2.24) is 4.98 Å². The Morgan fingerprint density at radius 2 is 1.64 bits per heavy atom. The van der Waals surface area contributed by atoms with E-state index in [1.807, 2.05) is 24.3 Å². The summed E-state index contributed by atoms with van der Waals surface area (Å²) in [5.41, 5.74) is 0.825. The molecule has 0 amide bonds. The third kappa shape index (κ3) is 3.82. The average molecular weight is 382 g/mol. The zero-order chi connectivity index (χ0) is 18.0. The summed E-state index contributed by atoms with van der Waals surface area (Å²) < 4.78 is 2.70. The number of thioether (sulfide) groups is 2. The van der Waals surface area contributed by atoms with E-state index in [0.717, 1.165) is 10.2 Å². The number of nitrogens with zero attached hydrogens (tertiary/aromatic N) is 3. The fourth-order valence-electron chi connectivity index (χ4n) is 2.28. The fourth-order valence-corrected chi connectivity index (χ4v) is 5.69. The lowest BCUT2D eigenvalue weighted by Gasteiger charge is -2.14. The summed E-state index contributed by atoms with van der Waals surface area (Å²) in [6.07, 6.45) is 4.15. The summed E-state index contributed by atoms with van der Waals surface area (Å²) in [6.45, 7) is 6.26. The lowest BCUT2D eigenvalue weighted by atomic mass is 9.92. The van der Waals surface area contributed by atoms with Crippen LogP contribution in [0.2, 0.25) is 0 Å². The van der Waals surface area contributed by atoms with Crippen molar-refractivity contribution in [2.24, 2.45) is 0 Å². The summed E-state index contributed by atoms with van der Waals surface area (Å²) in [6, 6.07) is 12.2. The van der Waals surface area contributed by atoms with Crippen LogP contribution in [0.3, 0.4) is 0 Å². The van der Waals surface area contributed by atoms with Crippen LogP contribution in [0.1, 0.15) is 26.5 Å². The molecule has 0 aliphatic carbocycles. The van der Waals surface area contributed by atoms with Crippen molar-refractivity contribution in [2.45, 2.75) is 36.0 Å². The van der Waals surface area contributed by atoms with Gasteiger partial charge in [0.2, 0.25) is 0 Å². The largest absolute Gasteiger partial charge is 0.238 e. The first kappa shape index (κ1) is 17.8. The molecule has 1 aromatic carbocycles. The first-order chi connectivity index (χ1) is 11.9. The second-order valence-electron chi connectivity index (χ2n) is 6.38. The second-order valence-corrected chi connectivity index (χ2v) is 9.84. The summed E-state index contributed by atoms with van der Waals surface area (Å²) >= 11 is 4.92. The van der Waals surface area contributed by atoms with Crippen LogP contribution in [-0.2, 0) is 5.41 Å². The van der Waals surface area contributed by atoms with E-state index in [9.17, 15) is 0 Å². The van der Waals surface area contributed by atoms with E-state index in [2.05, 4.69) is 50.0 Å². The summed E-state index contributed by atoms with van der Waals surface area (Å²) in [5.74, 6) is 0. The third-order valence-electron chi connectivity index (χ3n) is 3.44. The van der Waals surface area contributed by atoms with Crippen LogP contribution in [0.5, 0.6) is 0 Å². The Hall–Kier alpha value is -1.99. The van der Waals surface area contributed by atoms with Crippen molar-refractivity contribution >= 4 is 46.5 Å². The van der Waals surface area contributed by atoms with Gasteiger partial charge in [0.25, 0.3) is 0 Å². The van der Waals surface area contributed by atoms with Crippen LogP contribution in [-0.4, -0.2) is 4.98 Å². The number of thiazole rings is 1. The first-order valence-electron chi connectivity index (χ1n) is 7.61. The molecule has 3 nitrogen and oxygen atoms in total. The number of rotatable bonds is 1. The van der Waals surface area contributed by atoms with Crippen molar-refractivity contribution in [3.63, 3.8) is 0 Å². The second kappa shape index (κ2) is 7.09. The quantitative estimate of drug-likeness (QED) is 0.742. The van der Waals surface area contributed by atoms with E-state index in [1.165, 1.54) is 25.4 Å². The molecule has 25 heavy (non-hydrogen) atoms. The lowest BCUT2D eigenvalue weighted by Crippen LogP contribution is -2.21. The SMILES string of the molecule is CC(C)(C)c1nc(=C(C#N)C#N)s/c1=C\C=C1Sc2ccccc2S1. The van der Waals surface area contributed by atoms with Gasteiger partial charge >= 0.3 is 0 Å². The van der Waals surface area contributed by atoms with Crippen molar-refractivity contribution < 1.29 is 0 Å². The smallest absolute Gasteiger partial charge is 0.165 e. The molecule has 6 heteroatoms. The minimum absolute atomic E-state index is 0.0693. The molecule has 1 aromatic heterocycles. The Balaban J connectivity index is 2.08. The van der Waals surface area contributed by atoms with Gasteiger partial charge in [0, 0.05) is 19.4 Å². The normalized spacial score (nSPS) is 14.0. The standard InChI is InChI=1S/C19H15N3S3/c1-19(2,3)17-15(25-18(22-17)12(10-20)11-21)8-9-16-23-13-6-4-5-7-14(13)24-16/h4-9H,1-3H3/b15-8-. The van der Waals surface area contributed by atoms with E-state index >= 15 is 0 Å². The zero-order valence-electron chi connectivity index (χ0n) is 14.0. The van der Waals surface area contributed by atoms with E-state index < -0.39 is 0 Å².